The summed E-state index contributed by atoms with van der Waals surface area (Å²) in [5.74, 6) is 0. The Morgan fingerprint density at radius 2 is 1.22 bits per heavy atom. The van der Waals surface area contributed by atoms with Crippen molar-refractivity contribution < 1.29 is 0 Å². The molecule has 2 aromatic carbocycles. The molecule has 0 aliphatic carbocycles. The van der Waals surface area contributed by atoms with Crippen molar-refractivity contribution in [2.75, 3.05) is 0 Å². The Bertz CT molecular complexity index is 501. The molecule has 0 fully saturated rings. The fraction of sp³-hybridized carbons (Fsp3) is 0.333. The first-order chi connectivity index (χ1) is 8.54. The summed E-state index contributed by atoms with van der Waals surface area (Å²) < 4.78 is 0. The van der Waals surface area contributed by atoms with Crippen molar-refractivity contribution in [3.05, 3.63) is 70.8 Å². The van der Waals surface area contributed by atoms with Gasteiger partial charge in [0.2, 0.25) is 0 Å². The SMILES string of the molecule is CCc1ccc(C(C)(C)c2ccc(C)cc2)cc1. The van der Waals surface area contributed by atoms with Gasteiger partial charge in [0.1, 0.15) is 0 Å². The van der Waals surface area contributed by atoms with Gasteiger partial charge in [-0.15, -0.1) is 0 Å². The molecule has 2 aromatic rings. The van der Waals surface area contributed by atoms with Gasteiger partial charge in [0.25, 0.3) is 0 Å². The molecule has 0 bridgehead atoms. The van der Waals surface area contributed by atoms with E-state index in [-0.39, 0.29) is 5.41 Å². The zero-order valence-electron chi connectivity index (χ0n) is 11.8. The zero-order chi connectivity index (χ0) is 13.2. The fourth-order valence-corrected chi connectivity index (χ4v) is 2.29. The van der Waals surface area contributed by atoms with Gasteiger partial charge in [0.05, 0.1) is 0 Å². The summed E-state index contributed by atoms with van der Waals surface area (Å²) in [6.45, 7) is 8.91. The van der Waals surface area contributed by atoms with Crippen LogP contribution in [0, 0.1) is 6.92 Å². The fourth-order valence-electron chi connectivity index (χ4n) is 2.29. The molecule has 0 N–H and O–H groups in total. The second-order valence-corrected chi connectivity index (χ2v) is 5.54. The molecule has 2 rings (SSSR count). The Kier molecular flexibility index (Phi) is 3.56. The Labute approximate surface area is 111 Å². The predicted molar refractivity (Wildman–Crippen MR) is 79.1 cm³/mol. The molecule has 0 saturated carbocycles. The molecular formula is C18H22. The van der Waals surface area contributed by atoms with Crippen LogP contribution in [0.1, 0.15) is 43.0 Å². The summed E-state index contributed by atoms with van der Waals surface area (Å²) in [6, 6.07) is 17.9. The number of hydrogen-bond acceptors (Lipinski definition) is 0. The number of aryl methyl sites for hydroxylation is 2. The third kappa shape index (κ3) is 2.48. The standard InChI is InChI=1S/C18H22/c1-5-15-8-12-17(13-9-15)18(3,4)16-10-6-14(2)7-11-16/h6-13H,5H2,1-4H3. The first-order valence-corrected chi connectivity index (χ1v) is 6.70. The Morgan fingerprint density at radius 1 is 0.778 bits per heavy atom. The number of hydrogen-bond donors (Lipinski definition) is 0. The summed E-state index contributed by atoms with van der Waals surface area (Å²) in [7, 11) is 0. The summed E-state index contributed by atoms with van der Waals surface area (Å²) >= 11 is 0. The lowest BCUT2D eigenvalue weighted by atomic mass is 9.78. The minimum atomic E-state index is 0.0694. The predicted octanol–water partition coefficient (Wildman–Crippen LogP) is 4.88. The maximum absolute atomic E-state index is 2.29. The van der Waals surface area contributed by atoms with E-state index in [0.717, 1.165) is 6.42 Å². The highest BCUT2D eigenvalue weighted by Gasteiger charge is 2.22. The van der Waals surface area contributed by atoms with Gasteiger partial charge in [-0.05, 0) is 30.0 Å². The van der Waals surface area contributed by atoms with E-state index in [2.05, 4.69) is 76.2 Å². The first-order valence-electron chi connectivity index (χ1n) is 6.70. The van der Waals surface area contributed by atoms with Crippen molar-refractivity contribution in [1.82, 2.24) is 0 Å². The maximum atomic E-state index is 2.29. The van der Waals surface area contributed by atoms with Gasteiger partial charge in [0.15, 0.2) is 0 Å². The van der Waals surface area contributed by atoms with E-state index in [1.165, 1.54) is 22.3 Å². The third-order valence-electron chi connectivity index (χ3n) is 3.86. The van der Waals surface area contributed by atoms with E-state index in [9.17, 15) is 0 Å². The van der Waals surface area contributed by atoms with Crippen molar-refractivity contribution in [3.63, 3.8) is 0 Å². The van der Waals surface area contributed by atoms with Crippen molar-refractivity contribution in [2.45, 2.75) is 39.5 Å². The monoisotopic (exact) mass is 238 g/mol. The molecule has 0 spiro atoms. The van der Waals surface area contributed by atoms with Crippen LogP contribution in [-0.4, -0.2) is 0 Å². The van der Waals surface area contributed by atoms with Gasteiger partial charge in [-0.2, -0.15) is 0 Å². The Hall–Kier alpha value is -1.56. The van der Waals surface area contributed by atoms with Crippen LogP contribution < -0.4 is 0 Å². The van der Waals surface area contributed by atoms with Crippen LogP contribution in [0.4, 0.5) is 0 Å². The first kappa shape index (κ1) is 12.9. The highest BCUT2D eigenvalue weighted by atomic mass is 14.3. The maximum Gasteiger partial charge on any atom is 0.0146 e. The molecule has 0 heteroatoms. The molecule has 0 heterocycles. The number of benzene rings is 2. The zero-order valence-corrected chi connectivity index (χ0v) is 11.8. The van der Waals surface area contributed by atoms with Gasteiger partial charge in [-0.25, -0.2) is 0 Å². The highest BCUT2D eigenvalue weighted by molar-refractivity contribution is 5.39. The molecule has 0 aromatic heterocycles. The van der Waals surface area contributed by atoms with E-state index in [1.54, 1.807) is 0 Å². The minimum Gasteiger partial charge on any atom is -0.0613 e. The average Bonchev–Trinajstić information content (AvgIpc) is 2.39. The van der Waals surface area contributed by atoms with Crippen LogP contribution in [0.25, 0.3) is 0 Å². The van der Waals surface area contributed by atoms with Crippen molar-refractivity contribution in [1.29, 1.82) is 0 Å². The van der Waals surface area contributed by atoms with Gasteiger partial charge in [-0.3, -0.25) is 0 Å². The lowest BCUT2D eigenvalue weighted by molar-refractivity contribution is 0.640. The smallest absolute Gasteiger partial charge is 0.0146 e. The average molecular weight is 238 g/mol. The van der Waals surface area contributed by atoms with Crippen molar-refractivity contribution in [2.24, 2.45) is 0 Å². The summed E-state index contributed by atoms with van der Waals surface area (Å²) in [4.78, 5) is 0. The normalized spacial score (nSPS) is 11.6. The van der Waals surface area contributed by atoms with Crippen LogP contribution >= 0.6 is 0 Å². The Morgan fingerprint density at radius 3 is 1.67 bits per heavy atom. The number of rotatable bonds is 3. The second-order valence-electron chi connectivity index (χ2n) is 5.54. The summed E-state index contributed by atoms with van der Waals surface area (Å²) in [6.07, 6.45) is 1.10. The molecule has 0 aliphatic heterocycles. The van der Waals surface area contributed by atoms with Crippen molar-refractivity contribution in [3.8, 4) is 0 Å². The van der Waals surface area contributed by atoms with Crippen LogP contribution in [0.15, 0.2) is 48.5 Å². The van der Waals surface area contributed by atoms with Gasteiger partial charge in [0, 0.05) is 5.41 Å². The molecule has 0 radical (unpaired) electrons. The topological polar surface area (TPSA) is 0 Å². The van der Waals surface area contributed by atoms with Crippen LogP contribution in [-0.2, 0) is 11.8 Å². The van der Waals surface area contributed by atoms with E-state index in [4.69, 9.17) is 0 Å². The molecule has 0 unspecified atom stereocenters. The largest absolute Gasteiger partial charge is 0.0613 e. The minimum absolute atomic E-state index is 0.0694. The Balaban J connectivity index is 2.37. The molecule has 0 amide bonds. The third-order valence-corrected chi connectivity index (χ3v) is 3.86. The lowest BCUT2D eigenvalue weighted by Gasteiger charge is -2.26. The van der Waals surface area contributed by atoms with Crippen LogP contribution in [0.2, 0.25) is 0 Å². The molecule has 0 nitrogen and oxygen atoms in total. The lowest BCUT2D eigenvalue weighted by Crippen LogP contribution is -2.18. The second kappa shape index (κ2) is 4.97. The van der Waals surface area contributed by atoms with Gasteiger partial charge in [-0.1, -0.05) is 74.9 Å². The molecule has 94 valence electrons. The summed E-state index contributed by atoms with van der Waals surface area (Å²) in [5, 5.41) is 0. The molecular weight excluding hydrogens is 216 g/mol. The molecule has 0 atom stereocenters. The van der Waals surface area contributed by atoms with E-state index < -0.39 is 0 Å². The molecule has 0 aliphatic rings. The quantitative estimate of drug-likeness (QED) is 0.714. The van der Waals surface area contributed by atoms with Crippen LogP contribution in [0.5, 0.6) is 0 Å². The van der Waals surface area contributed by atoms with E-state index in [1.807, 2.05) is 0 Å². The summed E-state index contributed by atoms with van der Waals surface area (Å²) in [5.41, 5.74) is 5.54. The molecule has 0 saturated heterocycles. The van der Waals surface area contributed by atoms with E-state index >= 15 is 0 Å². The van der Waals surface area contributed by atoms with Gasteiger partial charge < -0.3 is 0 Å². The highest BCUT2D eigenvalue weighted by Crippen LogP contribution is 2.31. The van der Waals surface area contributed by atoms with Crippen LogP contribution in [0.3, 0.4) is 0 Å². The van der Waals surface area contributed by atoms with Crippen molar-refractivity contribution >= 4 is 0 Å². The van der Waals surface area contributed by atoms with Gasteiger partial charge >= 0.3 is 0 Å². The van der Waals surface area contributed by atoms with E-state index in [0.29, 0.717) is 0 Å². The molecule has 18 heavy (non-hydrogen) atoms.